The average Bonchev–Trinajstić information content (AvgIpc) is 2.40. The van der Waals surface area contributed by atoms with Crippen molar-refractivity contribution in [3.8, 4) is 5.75 Å². The molecule has 1 aromatic carbocycles. The van der Waals surface area contributed by atoms with Crippen LogP contribution < -0.4 is 15.4 Å². The van der Waals surface area contributed by atoms with Crippen molar-refractivity contribution in [1.82, 2.24) is 10.6 Å². The first-order chi connectivity index (χ1) is 9.15. The molecule has 0 aliphatic carbocycles. The van der Waals surface area contributed by atoms with Gasteiger partial charge in [0.15, 0.2) is 6.10 Å². The topological polar surface area (TPSA) is 50.4 Å². The largest absolute Gasteiger partial charge is 0.481 e. The number of hydrogen-bond acceptors (Lipinski definition) is 3. The van der Waals surface area contributed by atoms with Gasteiger partial charge in [0.2, 0.25) is 0 Å². The summed E-state index contributed by atoms with van der Waals surface area (Å²) >= 11 is 0. The van der Waals surface area contributed by atoms with Crippen molar-refractivity contribution in [2.24, 2.45) is 0 Å². The van der Waals surface area contributed by atoms with Gasteiger partial charge in [-0.2, -0.15) is 0 Å². The molecule has 4 nitrogen and oxygen atoms in total. The Balaban J connectivity index is 1.82. The minimum atomic E-state index is -0.465. The molecule has 1 heterocycles. The zero-order valence-electron chi connectivity index (χ0n) is 11.6. The average molecular weight is 262 g/mol. The molecule has 0 saturated carbocycles. The quantitative estimate of drug-likeness (QED) is 0.868. The number of benzene rings is 1. The summed E-state index contributed by atoms with van der Waals surface area (Å²) in [7, 11) is 0. The lowest BCUT2D eigenvalue weighted by molar-refractivity contribution is -0.128. The third-order valence-corrected chi connectivity index (χ3v) is 3.40. The Morgan fingerprint density at radius 1 is 1.42 bits per heavy atom. The number of para-hydroxylation sites is 1. The van der Waals surface area contributed by atoms with Crippen LogP contribution in [-0.4, -0.2) is 30.6 Å². The number of rotatable bonds is 4. The molecule has 1 amide bonds. The highest BCUT2D eigenvalue weighted by Gasteiger charge is 2.23. The Hall–Kier alpha value is -1.55. The molecule has 3 unspecified atom stereocenters. The number of hydrogen-bond donors (Lipinski definition) is 2. The van der Waals surface area contributed by atoms with E-state index in [-0.39, 0.29) is 11.9 Å². The smallest absolute Gasteiger partial charge is 0.260 e. The molecule has 1 aromatic rings. The summed E-state index contributed by atoms with van der Waals surface area (Å²) < 4.78 is 5.62. The van der Waals surface area contributed by atoms with Gasteiger partial charge in [-0.15, -0.1) is 0 Å². The van der Waals surface area contributed by atoms with Gasteiger partial charge in [0, 0.05) is 12.1 Å². The van der Waals surface area contributed by atoms with Crippen LogP contribution in [0.25, 0.3) is 0 Å². The lowest BCUT2D eigenvalue weighted by atomic mass is 10.0. The van der Waals surface area contributed by atoms with Gasteiger partial charge in [-0.1, -0.05) is 18.2 Å². The summed E-state index contributed by atoms with van der Waals surface area (Å²) in [5, 5.41) is 6.44. The van der Waals surface area contributed by atoms with E-state index in [0.29, 0.717) is 6.04 Å². The van der Waals surface area contributed by atoms with Crippen LogP contribution >= 0.6 is 0 Å². The number of nitrogens with one attached hydrogen (secondary N) is 2. The number of piperidine rings is 1. The first-order valence-electron chi connectivity index (χ1n) is 6.90. The van der Waals surface area contributed by atoms with Crippen LogP contribution in [-0.2, 0) is 4.79 Å². The fraction of sp³-hybridized carbons (Fsp3) is 0.533. The fourth-order valence-corrected chi connectivity index (χ4v) is 2.34. The Labute approximate surface area is 114 Å². The summed E-state index contributed by atoms with van der Waals surface area (Å²) in [4.78, 5) is 12.1. The molecule has 104 valence electrons. The van der Waals surface area contributed by atoms with E-state index in [1.165, 1.54) is 0 Å². The van der Waals surface area contributed by atoms with E-state index in [1.807, 2.05) is 30.3 Å². The van der Waals surface area contributed by atoms with Crippen molar-refractivity contribution in [3.63, 3.8) is 0 Å². The predicted octanol–water partition coefficient (Wildman–Crippen LogP) is 1.71. The Morgan fingerprint density at radius 3 is 2.84 bits per heavy atom. The van der Waals surface area contributed by atoms with Gasteiger partial charge in [0.25, 0.3) is 5.91 Å². The van der Waals surface area contributed by atoms with Crippen molar-refractivity contribution >= 4 is 5.91 Å². The van der Waals surface area contributed by atoms with Gasteiger partial charge < -0.3 is 15.4 Å². The summed E-state index contributed by atoms with van der Waals surface area (Å²) in [5.41, 5.74) is 0. The molecule has 3 atom stereocenters. The molecule has 1 fully saturated rings. The number of ether oxygens (including phenoxy) is 1. The van der Waals surface area contributed by atoms with E-state index >= 15 is 0 Å². The number of carbonyl (C=O) groups is 1. The molecule has 0 spiro atoms. The fourth-order valence-electron chi connectivity index (χ4n) is 2.34. The molecule has 1 aliphatic heterocycles. The van der Waals surface area contributed by atoms with Crippen LogP contribution in [0.4, 0.5) is 0 Å². The highest BCUT2D eigenvalue weighted by Crippen LogP contribution is 2.12. The van der Waals surface area contributed by atoms with Crippen molar-refractivity contribution in [2.75, 3.05) is 6.54 Å². The maximum atomic E-state index is 12.1. The lowest BCUT2D eigenvalue weighted by Gasteiger charge is -2.29. The maximum Gasteiger partial charge on any atom is 0.260 e. The first kappa shape index (κ1) is 13.9. The molecule has 2 rings (SSSR count). The van der Waals surface area contributed by atoms with Gasteiger partial charge in [0.1, 0.15) is 5.75 Å². The van der Waals surface area contributed by atoms with E-state index in [0.717, 1.165) is 25.1 Å². The molecule has 0 bridgehead atoms. The minimum Gasteiger partial charge on any atom is -0.481 e. The minimum absolute atomic E-state index is 0.0389. The molecule has 0 aromatic heterocycles. The van der Waals surface area contributed by atoms with Crippen LogP contribution in [0.3, 0.4) is 0 Å². The van der Waals surface area contributed by atoms with Crippen LogP contribution in [0.1, 0.15) is 26.7 Å². The van der Waals surface area contributed by atoms with Gasteiger partial charge in [0.05, 0.1) is 0 Å². The predicted molar refractivity (Wildman–Crippen MR) is 75.2 cm³/mol. The van der Waals surface area contributed by atoms with Gasteiger partial charge in [-0.25, -0.2) is 0 Å². The van der Waals surface area contributed by atoms with Crippen molar-refractivity contribution in [3.05, 3.63) is 30.3 Å². The molecule has 19 heavy (non-hydrogen) atoms. The summed E-state index contributed by atoms with van der Waals surface area (Å²) in [6.45, 7) is 4.88. The Morgan fingerprint density at radius 2 is 2.16 bits per heavy atom. The zero-order chi connectivity index (χ0) is 13.7. The monoisotopic (exact) mass is 262 g/mol. The first-order valence-corrected chi connectivity index (χ1v) is 6.90. The standard InChI is InChI=1S/C15H22N2O2/c1-11-10-13(8-9-16-11)17-15(18)12(2)19-14-6-4-3-5-7-14/h3-7,11-13,16H,8-10H2,1-2H3,(H,17,18). The zero-order valence-corrected chi connectivity index (χ0v) is 11.6. The van der Waals surface area contributed by atoms with Crippen LogP contribution in [0.2, 0.25) is 0 Å². The highest BCUT2D eigenvalue weighted by atomic mass is 16.5. The van der Waals surface area contributed by atoms with E-state index in [2.05, 4.69) is 17.6 Å². The Bertz CT molecular complexity index is 408. The third kappa shape index (κ3) is 4.24. The van der Waals surface area contributed by atoms with Crippen molar-refractivity contribution in [2.45, 2.75) is 44.9 Å². The molecule has 0 radical (unpaired) electrons. The van der Waals surface area contributed by atoms with E-state index in [9.17, 15) is 4.79 Å². The van der Waals surface area contributed by atoms with Crippen LogP contribution in [0.15, 0.2) is 30.3 Å². The van der Waals surface area contributed by atoms with E-state index in [4.69, 9.17) is 4.74 Å². The normalized spacial score (nSPS) is 24.5. The van der Waals surface area contributed by atoms with Crippen LogP contribution in [0, 0.1) is 0 Å². The molecule has 4 heteroatoms. The van der Waals surface area contributed by atoms with Crippen molar-refractivity contribution < 1.29 is 9.53 Å². The second-order valence-electron chi connectivity index (χ2n) is 5.16. The maximum absolute atomic E-state index is 12.1. The van der Waals surface area contributed by atoms with Gasteiger partial charge in [-0.05, 0) is 45.4 Å². The molecule has 2 N–H and O–H groups in total. The summed E-state index contributed by atoms with van der Waals surface area (Å²) in [6.07, 6.45) is 1.49. The molecule has 1 aliphatic rings. The molecule has 1 saturated heterocycles. The number of carbonyl (C=O) groups excluding carboxylic acids is 1. The molecular formula is C15H22N2O2. The molecular weight excluding hydrogens is 240 g/mol. The highest BCUT2D eigenvalue weighted by molar-refractivity contribution is 5.81. The van der Waals surface area contributed by atoms with Gasteiger partial charge in [-0.3, -0.25) is 4.79 Å². The second-order valence-corrected chi connectivity index (χ2v) is 5.16. The van der Waals surface area contributed by atoms with Gasteiger partial charge >= 0.3 is 0 Å². The lowest BCUT2D eigenvalue weighted by Crippen LogP contribution is -2.49. The second kappa shape index (κ2) is 6.57. The summed E-state index contributed by atoms with van der Waals surface area (Å²) in [5.74, 6) is 0.687. The third-order valence-electron chi connectivity index (χ3n) is 3.40. The summed E-state index contributed by atoms with van der Waals surface area (Å²) in [6, 6.07) is 10.2. The Kier molecular flexibility index (Phi) is 4.80. The van der Waals surface area contributed by atoms with E-state index < -0.39 is 6.10 Å². The van der Waals surface area contributed by atoms with E-state index in [1.54, 1.807) is 6.92 Å². The van der Waals surface area contributed by atoms with Crippen LogP contribution in [0.5, 0.6) is 5.75 Å². The van der Waals surface area contributed by atoms with Crippen molar-refractivity contribution in [1.29, 1.82) is 0 Å². The number of amides is 1. The SMILES string of the molecule is CC1CC(NC(=O)C(C)Oc2ccccc2)CCN1.